The van der Waals surface area contributed by atoms with Gasteiger partial charge < -0.3 is 14.7 Å². The topological polar surface area (TPSA) is 62.2 Å². The van der Waals surface area contributed by atoms with Gasteiger partial charge in [0.25, 0.3) is 0 Å². The van der Waals surface area contributed by atoms with Crippen LogP contribution >= 0.6 is 0 Å². The van der Waals surface area contributed by atoms with E-state index in [1.807, 2.05) is 54.2 Å². The highest BCUT2D eigenvalue weighted by molar-refractivity contribution is 5.83. The Morgan fingerprint density at radius 1 is 1.28 bits per heavy atom. The molecule has 3 heterocycles. The summed E-state index contributed by atoms with van der Waals surface area (Å²) in [5, 5.41) is 4.20. The van der Waals surface area contributed by atoms with Gasteiger partial charge in [-0.2, -0.15) is 0 Å². The van der Waals surface area contributed by atoms with Crippen molar-refractivity contribution in [1.82, 2.24) is 19.7 Å². The summed E-state index contributed by atoms with van der Waals surface area (Å²) in [4.78, 5) is 19.9. The summed E-state index contributed by atoms with van der Waals surface area (Å²) in [5.41, 5.74) is 5.17. The molecule has 0 aliphatic carbocycles. The number of imidazole rings is 1. The van der Waals surface area contributed by atoms with Gasteiger partial charge in [0.1, 0.15) is 5.65 Å². The third-order valence-electron chi connectivity index (χ3n) is 4.40. The van der Waals surface area contributed by atoms with Gasteiger partial charge in [-0.05, 0) is 42.7 Å². The molecule has 0 spiro atoms. The molecule has 2 N–H and O–H groups in total. The van der Waals surface area contributed by atoms with Crippen molar-refractivity contribution in [3.63, 3.8) is 0 Å². The minimum absolute atomic E-state index is 0.0000284. The van der Waals surface area contributed by atoms with Crippen LogP contribution in [0, 0.1) is 6.92 Å². The quantitative estimate of drug-likeness (QED) is 0.590. The molecule has 5 heteroatoms. The Balaban J connectivity index is 1.35. The molecule has 0 fully saturated rings. The molecule has 5 nitrogen and oxygen atoms in total. The molecule has 0 unspecified atom stereocenters. The van der Waals surface area contributed by atoms with Crippen molar-refractivity contribution in [2.75, 3.05) is 6.54 Å². The van der Waals surface area contributed by atoms with Crippen molar-refractivity contribution in [2.45, 2.75) is 19.8 Å². The lowest BCUT2D eigenvalue weighted by Crippen LogP contribution is -2.27. The fourth-order valence-electron chi connectivity index (χ4n) is 3.12. The lowest BCUT2D eigenvalue weighted by Gasteiger charge is -2.03. The van der Waals surface area contributed by atoms with Crippen LogP contribution < -0.4 is 5.32 Å². The molecule has 0 saturated heterocycles. The third-order valence-corrected chi connectivity index (χ3v) is 4.40. The number of hydrogen-bond donors (Lipinski definition) is 2. The average molecular weight is 332 g/mol. The van der Waals surface area contributed by atoms with Gasteiger partial charge in [-0.25, -0.2) is 4.98 Å². The molecule has 3 aromatic heterocycles. The van der Waals surface area contributed by atoms with Crippen molar-refractivity contribution in [3.8, 4) is 0 Å². The summed E-state index contributed by atoms with van der Waals surface area (Å²) >= 11 is 0. The largest absolute Gasteiger partial charge is 0.361 e. The highest BCUT2D eigenvalue weighted by Crippen LogP contribution is 2.17. The van der Waals surface area contributed by atoms with E-state index in [1.54, 1.807) is 0 Å². The number of para-hydroxylation sites is 1. The van der Waals surface area contributed by atoms with Gasteiger partial charge in [-0.1, -0.05) is 18.2 Å². The number of benzene rings is 1. The molecule has 4 rings (SSSR count). The fourth-order valence-corrected chi connectivity index (χ4v) is 3.12. The van der Waals surface area contributed by atoms with Gasteiger partial charge in [0.2, 0.25) is 5.91 Å². The van der Waals surface area contributed by atoms with E-state index in [0.717, 1.165) is 28.8 Å². The van der Waals surface area contributed by atoms with Gasteiger partial charge in [0.05, 0.1) is 12.1 Å². The first kappa shape index (κ1) is 15.4. The zero-order valence-electron chi connectivity index (χ0n) is 14.1. The summed E-state index contributed by atoms with van der Waals surface area (Å²) < 4.78 is 1.95. The Bertz CT molecular complexity index is 1040. The van der Waals surface area contributed by atoms with E-state index < -0.39 is 0 Å². The van der Waals surface area contributed by atoms with Crippen LogP contribution in [0.4, 0.5) is 0 Å². The molecule has 0 aliphatic rings. The predicted octanol–water partition coefficient (Wildman–Crippen LogP) is 3.03. The van der Waals surface area contributed by atoms with Crippen LogP contribution in [0.1, 0.15) is 16.8 Å². The van der Waals surface area contributed by atoms with Crippen LogP contribution in [0.5, 0.6) is 0 Å². The molecule has 0 radical (unpaired) electrons. The van der Waals surface area contributed by atoms with E-state index >= 15 is 0 Å². The van der Waals surface area contributed by atoms with Gasteiger partial charge in [0, 0.05) is 36.0 Å². The van der Waals surface area contributed by atoms with Crippen LogP contribution in [0.2, 0.25) is 0 Å². The standard InChI is InChI=1S/C20H20N4O/c1-14-7-9-24-13-16(23-19(24)10-14)11-20(25)21-8-6-15-12-22-18-5-3-2-4-17(15)18/h2-5,7,9-10,12-13,22H,6,8,11H2,1H3,(H,21,25). The molecule has 0 bridgehead atoms. The average Bonchev–Trinajstić information content (AvgIpc) is 3.18. The Labute approximate surface area is 145 Å². The van der Waals surface area contributed by atoms with Crippen LogP contribution in [-0.2, 0) is 17.6 Å². The maximum atomic E-state index is 12.2. The number of pyridine rings is 1. The van der Waals surface area contributed by atoms with Crippen molar-refractivity contribution in [1.29, 1.82) is 0 Å². The summed E-state index contributed by atoms with van der Waals surface area (Å²) in [6.45, 7) is 2.65. The number of aryl methyl sites for hydroxylation is 1. The van der Waals surface area contributed by atoms with Crippen molar-refractivity contribution < 1.29 is 4.79 Å². The normalized spacial score (nSPS) is 11.2. The monoisotopic (exact) mass is 332 g/mol. The molecular formula is C20H20N4O. The van der Waals surface area contributed by atoms with E-state index in [4.69, 9.17) is 0 Å². The Hall–Kier alpha value is -3.08. The molecular weight excluding hydrogens is 312 g/mol. The number of nitrogens with zero attached hydrogens (tertiary/aromatic N) is 2. The summed E-state index contributed by atoms with van der Waals surface area (Å²) in [6, 6.07) is 12.2. The Morgan fingerprint density at radius 2 is 2.16 bits per heavy atom. The van der Waals surface area contributed by atoms with Gasteiger partial charge >= 0.3 is 0 Å². The maximum absolute atomic E-state index is 12.2. The van der Waals surface area contributed by atoms with Crippen LogP contribution in [-0.4, -0.2) is 26.8 Å². The highest BCUT2D eigenvalue weighted by Gasteiger charge is 2.08. The number of carbonyl (C=O) groups is 1. The number of rotatable bonds is 5. The first-order valence-electron chi connectivity index (χ1n) is 8.45. The number of nitrogens with one attached hydrogen (secondary N) is 2. The molecule has 0 aliphatic heterocycles. The summed E-state index contributed by atoms with van der Waals surface area (Å²) in [7, 11) is 0. The second-order valence-electron chi connectivity index (χ2n) is 6.34. The zero-order chi connectivity index (χ0) is 17.2. The first-order valence-corrected chi connectivity index (χ1v) is 8.45. The van der Waals surface area contributed by atoms with Gasteiger partial charge in [-0.3, -0.25) is 4.79 Å². The number of hydrogen-bond acceptors (Lipinski definition) is 2. The number of aromatic amines is 1. The van der Waals surface area contributed by atoms with E-state index in [2.05, 4.69) is 27.4 Å². The van der Waals surface area contributed by atoms with E-state index in [-0.39, 0.29) is 5.91 Å². The van der Waals surface area contributed by atoms with Crippen LogP contribution in [0.15, 0.2) is 55.0 Å². The fraction of sp³-hybridized carbons (Fsp3) is 0.200. The summed E-state index contributed by atoms with van der Waals surface area (Å²) in [5.74, 6) is -0.0000284. The van der Waals surface area contributed by atoms with E-state index in [1.165, 1.54) is 10.9 Å². The minimum atomic E-state index is -0.0000284. The lowest BCUT2D eigenvalue weighted by molar-refractivity contribution is -0.120. The van der Waals surface area contributed by atoms with E-state index in [0.29, 0.717) is 13.0 Å². The SMILES string of the molecule is Cc1ccn2cc(CC(=O)NCCc3c[nH]c4ccccc34)nc2c1. The second kappa shape index (κ2) is 6.43. The minimum Gasteiger partial charge on any atom is -0.361 e. The Kier molecular flexibility index (Phi) is 3.98. The van der Waals surface area contributed by atoms with Gasteiger partial charge in [0.15, 0.2) is 0 Å². The molecule has 0 saturated carbocycles. The smallest absolute Gasteiger partial charge is 0.226 e. The number of amides is 1. The first-order chi connectivity index (χ1) is 12.2. The predicted molar refractivity (Wildman–Crippen MR) is 98.6 cm³/mol. The van der Waals surface area contributed by atoms with Crippen molar-refractivity contribution in [3.05, 3.63) is 71.8 Å². The maximum Gasteiger partial charge on any atom is 0.226 e. The molecule has 0 atom stereocenters. The van der Waals surface area contributed by atoms with Crippen LogP contribution in [0.25, 0.3) is 16.6 Å². The summed E-state index contributed by atoms with van der Waals surface area (Å²) in [6.07, 6.45) is 7.00. The third kappa shape index (κ3) is 3.26. The van der Waals surface area contributed by atoms with Gasteiger partial charge in [-0.15, -0.1) is 0 Å². The van der Waals surface area contributed by atoms with Crippen LogP contribution in [0.3, 0.4) is 0 Å². The number of carbonyl (C=O) groups excluding carboxylic acids is 1. The lowest BCUT2D eigenvalue weighted by atomic mass is 10.1. The van der Waals surface area contributed by atoms with Crippen molar-refractivity contribution in [2.24, 2.45) is 0 Å². The molecule has 4 aromatic rings. The number of H-pyrrole nitrogens is 1. The molecule has 1 aromatic carbocycles. The molecule has 126 valence electrons. The Morgan fingerprint density at radius 3 is 3.08 bits per heavy atom. The second-order valence-corrected chi connectivity index (χ2v) is 6.34. The highest BCUT2D eigenvalue weighted by atomic mass is 16.1. The zero-order valence-corrected chi connectivity index (χ0v) is 14.1. The molecule has 1 amide bonds. The number of aromatic nitrogens is 3. The molecule has 25 heavy (non-hydrogen) atoms. The van der Waals surface area contributed by atoms with Crippen molar-refractivity contribution >= 4 is 22.5 Å². The van der Waals surface area contributed by atoms with E-state index in [9.17, 15) is 4.79 Å². The number of fused-ring (bicyclic) bond motifs is 2.